The lowest BCUT2D eigenvalue weighted by Gasteiger charge is -2.27. The zero-order valence-corrected chi connectivity index (χ0v) is 8.51. The number of hydrogen-bond donors (Lipinski definition) is 1. The summed E-state index contributed by atoms with van der Waals surface area (Å²) in [6.07, 6.45) is 3.44. The average molecular weight is 185 g/mol. The summed E-state index contributed by atoms with van der Waals surface area (Å²) in [7, 11) is 0. The van der Waals surface area contributed by atoms with Gasteiger partial charge in [-0.2, -0.15) is 0 Å². The smallest absolute Gasteiger partial charge is 0.302 e. The van der Waals surface area contributed by atoms with Crippen LogP contribution >= 0.6 is 0 Å². The molecule has 76 valence electrons. The molecule has 3 nitrogen and oxygen atoms in total. The zero-order chi connectivity index (χ0) is 9.68. The molecule has 1 aliphatic rings. The second-order valence-corrected chi connectivity index (χ2v) is 3.87. The van der Waals surface area contributed by atoms with Crippen LogP contribution in [0.3, 0.4) is 0 Å². The van der Waals surface area contributed by atoms with Gasteiger partial charge in [-0.05, 0) is 38.6 Å². The molecule has 0 radical (unpaired) electrons. The van der Waals surface area contributed by atoms with Gasteiger partial charge in [0.05, 0.1) is 6.61 Å². The number of ether oxygens (including phenoxy) is 1. The van der Waals surface area contributed by atoms with E-state index in [1.54, 1.807) is 0 Å². The molecule has 0 spiro atoms. The third-order valence-electron chi connectivity index (χ3n) is 2.56. The van der Waals surface area contributed by atoms with Crippen LogP contribution in [0.25, 0.3) is 0 Å². The molecule has 0 bridgehead atoms. The van der Waals surface area contributed by atoms with Crippen molar-refractivity contribution in [1.29, 1.82) is 0 Å². The minimum absolute atomic E-state index is 0.165. The second kappa shape index (κ2) is 5.22. The molecule has 1 N–H and O–H groups in total. The van der Waals surface area contributed by atoms with E-state index in [1.165, 1.54) is 19.8 Å². The lowest BCUT2D eigenvalue weighted by molar-refractivity contribution is -0.141. The van der Waals surface area contributed by atoms with Crippen LogP contribution in [-0.4, -0.2) is 25.2 Å². The Hall–Kier alpha value is -0.570. The molecular weight excluding hydrogens is 166 g/mol. The maximum atomic E-state index is 10.5. The fraction of sp³-hybridized carbons (Fsp3) is 0.900. The summed E-state index contributed by atoms with van der Waals surface area (Å²) in [6, 6.07) is 0.621. The van der Waals surface area contributed by atoms with Crippen LogP contribution in [0, 0.1) is 5.92 Å². The van der Waals surface area contributed by atoms with E-state index in [0.717, 1.165) is 18.9 Å². The van der Waals surface area contributed by atoms with Crippen molar-refractivity contribution < 1.29 is 9.53 Å². The molecule has 0 aromatic carbocycles. The molecule has 0 aliphatic carbocycles. The molecule has 1 heterocycles. The van der Waals surface area contributed by atoms with Crippen molar-refractivity contribution in [2.75, 3.05) is 13.2 Å². The van der Waals surface area contributed by atoms with Crippen molar-refractivity contribution >= 4 is 5.97 Å². The van der Waals surface area contributed by atoms with Gasteiger partial charge in [-0.25, -0.2) is 0 Å². The Morgan fingerprint density at radius 2 is 2.38 bits per heavy atom. The van der Waals surface area contributed by atoms with E-state index in [-0.39, 0.29) is 5.97 Å². The van der Waals surface area contributed by atoms with E-state index in [1.807, 2.05) is 0 Å². The lowest BCUT2D eigenvalue weighted by atomic mass is 9.91. The Morgan fingerprint density at radius 3 is 3.00 bits per heavy atom. The molecule has 3 heteroatoms. The van der Waals surface area contributed by atoms with Gasteiger partial charge < -0.3 is 10.1 Å². The van der Waals surface area contributed by atoms with Crippen molar-refractivity contribution in [1.82, 2.24) is 5.32 Å². The van der Waals surface area contributed by atoms with Gasteiger partial charge in [0.15, 0.2) is 0 Å². The summed E-state index contributed by atoms with van der Waals surface area (Å²) in [4.78, 5) is 10.5. The highest BCUT2D eigenvalue weighted by Gasteiger charge is 2.17. The van der Waals surface area contributed by atoms with Crippen LogP contribution in [0.15, 0.2) is 0 Å². The summed E-state index contributed by atoms with van der Waals surface area (Å²) in [5, 5.41) is 3.40. The van der Waals surface area contributed by atoms with Crippen molar-refractivity contribution in [3.63, 3.8) is 0 Å². The number of rotatable bonds is 3. The normalized spacial score (nSPS) is 28.5. The summed E-state index contributed by atoms with van der Waals surface area (Å²) in [5.41, 5.74) is 0. The van der Waals surface area contributed by atoms with E-state index in [0.29, 0.717) is 12.6 Å². The molecule has 2 atom stereocenters. The van der Waals surface area contributed by atoms with Gasteiger partial charge in [-0.3, -0.25) is 4.79 Å². The van der Waals surface area contributed by atoms with Gasteiger partial charge in [0.1, 0.15) is 0 Å². The summed E-state index contributed by atoms with van der Waals surface area (Å²) >= 11 is 0. The second-order valence-electron chi connectivity index (χ2n) is 3.87. The largest absolute Gasteiger partial charge is 0.466 e. The fourth-order valence-corrected chi connectivity index (χ4v) is 1.87. The van der Waals surface area contributed by atoms with Crippen molar-refractivity contribution in [2.24, 2.45) is 5.92 Å². The van der Waals surface area contributed by atoms with Crippen LogP contribution in [-0.2, 0) is 9.53 Å². The fourth-order valence-electron chi connectivity index (χ4n) is 1.87. The number of esters is 1. The molecule has 0 amide bonds. The van der Waals surface area contributed by atoms with Crippen molar-refractivity contribution in [3.05, 3.63) is 0 Å². The Balaban J connectivity index is 2.10. The van der Waals surface area contributed by atoms with E-state index < -0.39 is 0 Å². The zero-order valence-electron chi connectivity index (χ0n) is 8.51. The summed E-state index contributed by atoms with van der Waals surface area (Å²) in [6.45, 7) is 5.36. The highest BCUT2D eigenvalue weighted by Crippen LogP contribution is 2.19. The first kappa shape index (κ1) is 10.5. The Labute approximate surface area is 79.8 Å². The highest BCUT2D eigenvalue weighted by atomic mass is 16.5. The molecule has 0 aromatic heterocycles. The lowest BCUT2D eigenvalue weighted by Crippen LogP contribution is -2.36. The standard InChI is InChI=1S/C10H19NO2/c1-8-7-10(3-5-11-8)4-6-13-9(2)12/h8,10-11H,3-7H2,1-2H3/t8-,10?/m1/s1. The number of hydrogen-bond acceptors (Lipinski definition) is 3. The minimum atomic E-state index is -0.165. The summed E-state index contributed by atoms with van der Waals surface area (Å²) < 4.78 is 4.92. The molecular formula is C10H19NO2. The predicted octanol–water partition coefficient (Wildman–Crippen LogP) is 1.33. The van der Waals surface area contributed by atoms with E-state index in [4.69, 9.17) is 4.74 Å². The van der Waals surface area contributed by atoms with Gasteiger partial charge in [0, 0.05) is 13.0 Å². The van der Waals surface area contributed by atoms with Crippen molar-refractivity contribution in [3.8, 4) is 0 Å². The molecule has 1 rings (SSSR count). The molecule has 0 saturated carbocycles. The third-order valence-corrected chi connectivity index (χ3v) is 2.56. The maximum absolute atomic E-state index is 10.5. The van der Waals surface area contributed by atoms with Gasteiger partial charge in [-0.1, -0.05) is 0 Å². The van der Waals surface area contributed by atoms with Crippen molar-refractivity contribution in [2.45, 2.75) is 39.2 Å². The van der Waals surface area contributed by atoms with Gasteiger partial charge >= 0.3 is 5.97 Å². The molecule has 1 fully saturated rings. The number of carbonyl (C=O) groups excluding carboxylic acids is 1. The van der Waals surface area contributed by atoms with Crippen LogP contribution in [0.5, 0.6) is 0 Å². The van der Waals surface area contributed by atoms with Crippen LogP contribution < -0.4 is 5.32 Å². The maximum Gasteiger partial charge on any atom is 0.302 e. The first-order valence-corrected chi connectivity index (χ1v) is 5.05. The SMILES string of the molecule is CC(=O)OCCC1CCN[C@H](C)C1. The third kappa shape index (κ3) is 4.27. The molecule has 1 aliphatic heterocycles. The van der Waals surface area contributed by atoms with Crippen LogP contribution in [0.2, 0.25) is 0 Å². The Kier molecular flexibility index (Phi) is 4.22. The Bertz CT molecular complexity index is 170. The van der Waals surface area contributed by atoms with E-state index in [2.05, 4.69) is 12.2 Å². The van der Waals surface area contributed by atoms with Crippen LogP contribution in [0.4, 0.5) is 0 Å². The molecule has 0 aromatic rings. The van der Waals surface area contributed by atoms with E-state index in [9.17, 15) is 4.79 Å². The molecule has 1 saturated heterocycles. The average Bonchev–Trinajstić information content (AvgIpc) is 2.03. The van der Waals surface area contributed by atoms with Gasteiger partial charge in [0.25, 0.3) is 0 Å². The van der Waals surface area contributed by atoms with Gasteiger partial charge in [-0.15, -0.1) is 0 Å². The highest BCUT2D eigenvalue weighted by molar-refractivity contribution is 5.65. The number of piperidine rings is 1. The topological polar surface area (TPSA) is 38.3 Å². The minimum Gasteiger partial charge on any atom is -0.466 e. The first-order chi connectivity index (χ1) is 6.18. The quantitative estimate of drug-likeness (QED) is 0.674. The predicted molar refractivity (Wildman–Crippen MR) is 51.4 cm³/mol. The Morgan fingerprint density at radius 1 is 1.62 bits per heavy atom. The number of carbonyl (C=O) groups is 1. The molecule has 1 unspecified atom stereocenters. The van der Waals surface area contributed by atoms with Gasteiger partial charge in [0.2, 0.25) is 0 Å². The monoisotopic (exact) mass is 185 g/mol. The first-order valence-electron chi connectivity index (χ1n) is 5.05. The molecule has 13 heavy (non-hydrogen) atoms. The summed E-state index contributed by atoms with van der Waals surface area (Å²) in [5.74, 6) is 0.567. The number of nitrogens with one attached hydrogen (secondary N) is 1. The van der Waals surface area contributed by atoms with E-state index >= 15 is 0 Å². The van der Waals surface area contributed by atoms with Crippen LogP contribution in [0.1, 0.15) is 33.1 Å².